The van der Waals surface area contributed by atoms with Crippen LogP contribution >= 0.6 is 0 Å². The molecule has 4 aliphatic rings. The third kappa shape index (κ3) is 5.76. The minimum absolute atomic E-state index is 0.0699. The van der Waals surface area contributed by atoms with Crippen LogP contribution in [0, 0.1) is 11.8 Å². The van der Waals surface area contributed by atoms with Crippen LogP contribution in [0.15, 0.2) is 85.0 Å². The monoisotopic (exact) mass is 627 g/mol. The number of nitrogens with one attached hydrogen (secondary N) is 1. The highest BCUT2D eigenvalue weighted by Gasteiger charge is 2.72. The number of hydrogen-bond acceptors (Lipinski definition) is 7. The summed E-state index contributed by atoms with van der Waals surface area (Å²) >= 11 is 0. The van der Waals surface area contributed by atoms with Crippen molar-refractivity contribution in [3.63, 3.8) is 0 Å². The van der Waals surface area contributed by atoms with E-state index < -0.39 is 60.2 Å². The van der Waals surface area contributed by atoms with Gasteiger partial charge in [-0.15, -0.1) is 0 Å². The van der Waals surface area contributed by atoms with Crippen molar-refractivity contribution in [1.29, 1.82) is 0 Å². The lowest BCUT2D eigenvalue weighted by Crippen LogP contribution is -2.56. The number of cyclic esters (lactones) is 1. The van der Waals surface area contributed by atoms with E-state index in [0.717, 1.165) is 12.8 Å². The number of esters is 1. The standard InChI is InChI=1S/C36H41N3O7/c1-2-3-20-38-21-12-19-36-31(33(42)39(32(36)34(38)43)26(23-40)24-13-6-4-7-14-24)30-27(46-36)17-10-11-18-29(41)37-22-28(45-35(30)44)25-15-8-5-9-16-25/h4-10,12-17,19,26-28,30-32,40H,2-3,11,18,20-23H2,1H3,(H,37,41)/b17-10-/t26-,27+,28-,30-,31-,32+,36-/m1/s1. The summed E-state index contributed by atoms with van der Waals surface area (Å²) in [5, 5.41) is 13.6. The second-order valence-corrected chi connectivity index (χ2v) is 12.3. The van der Waals surface area contributed by atoms with Crippen LogP contribution in [0.1, 0.15) is 55.9 Å². The molecule has 2 aromatic rings. The predicted molar refractivity (Wildman–Crippen MR) is 169 cm³/mol. The van der Waals surface area contributed by atoms with Crippen LogP contribution in [0.2, 0.25) is 0 Å². The van der Waals surface area contributed by atoms with Crippen LogP contribution in [-0.2, 0) is 28.7 Å². The normalized spacial score (nSPS) is 31.0. The lowest BCUT2D eigenvalue weighted by molar-refractivity contribution is -0.160. The van der Waals surface area contributed by atoms with Crippen LogP contribution in [0.4, 0.5) is 0 Å². The number of unbranched alkanes of at least 4 members (excludes halogenated alkanes) is 1. The molecular weight excluding hydrogens is 586 g/mol. The zero-order chi connectivity index (χ0) is 32.3. The summed E-state index contributed by atoms with van der Waals surface area (Å²) in [7, 11) is 0. The maximum atomic E-state index is 14.8. The molecule has 10 heteroatoms. The SMILES string of the molecule is CCCCN1CC=C[C@@]23O[C@H]4/C=C\CCC(=O)NC[C@H](c5ccccc5)OC(=O)[C@H]4[C@@H]2C(=O)N([C@H](CO)c2ccccc2)[C@H]3C1=O. The summed E-state index contributed by atoms with van der Waals surface area (Å²) in [5.74, 6) is -3.71. The second kappa shape index (κ2) is 13.6. The number of nitrogens with zero attached hydrogens (tertiary/aromatic N) is 2. The molecule has 2 fully saturated rings. The Morgan fingerprint density at radius 3 is 2.46 bits per heavy atom. The number of amides is 3. The molecule has 4 heterocycles. The van der Waals surface area contributed by atoms with E-state index >= 15 is 0 Å². The highest BCUT2D eigenvalue weighted by molar-refractivity contribution is 5.99. The van der Waals surface area contributed by atoms with Gasteiger partial charge >= 0.3 is 5.97 Å². The van der Waals surface area contributed by atoms with Crippen LogP contribution < -0.4 is 5.32 Å². The molecule has 2 saturated heterocycles. The number of fused-ring (bicyclic) bond motifs is 2. The van der Waals surface area contributed by atoms with Gasteiger partial charge in [0.1, 0.15) is 23.7 Å². The number of allylic oxidation sites excluding steroid dienone is 1. The smallest absolute Gasteiger partial charge is 0.313 e. The molecule has 0 unspecified atom stereocenters. The van der Waals surface area contributed by atoms with E-state index in [9.17, 15) is 24.3 Å². The molecule has 0 aromatic heterocycles. The van der Waals surface area contributed by atoms with E-state index in [1.807, 2.05) is 73.7 Å². The van der Waals surface area contributed by atoms with E-state index in [-0.39, 0.29) is 24.8 Å². The molecule has 2 N–H and O–H groups in total. The Bertz CT molecular complexity index is 1500. The number of carbonyl (C=O) groups is 4. The minimum Gasteiger partial charge on any atom is -0.455 e. The highest BCUT2D eigenvalue weighted by atomic mass is 16.6. The number of rotatable bonds is 7. The zero-order valence-corrected chi connectivity index (χ0v) is 26.0. The molecular formula is C36H41N3O7. The van der Waals surface area contributed by atoms with Crippen molar-refractivity contribution < 1.29 is 33.8 Å². The number of carbonyl (C=O) groups excluding carboxylic acids is 4. The van der Waals surface area contributed by atoms with Gasteiger partial charge in [0.05, 0.1) is 31.2 Å². The Hall–Kier alpha value is -4.28. The van der Waals surface area contributed by atoms with E-state index in [2.05, 4.69) is 5.32 Å². The summed E-state index contributed by atoms with van der Waals surface area (Å²) in [4.78, 5) is 59.4. The molecule has 242 valence electrons. The van der Waals surface area contributed by atoms with E-state index in [0.29, 0.717) is 30.6 Å². The van der Waals surface area contributed by atoms with Crippen LogP contribution in [-0.4, -0.2) is 82.6 Å². The summed E-state index contributed by atoms with van der Waals surface area (Å²) in [6.45, 7) is 2.54. The fourth-order valence-corrected chi connectivity index (χ4v) is 7.31. The summed E-state index contributed by atoms with van der Waals surface area (Å²) in [5.41, 5.74) is -0.106. The number of aliphatic hydroxyl groups excluding tert-OH is 1. The number of ether oxygens (including phenoxy) is 2. The fourth-order valence-electron chi connectivity index (χ4n) is 7.31. The topological polar surface area (TPSA) is 125 Å². The Morgan fingerprint density at radius 1 is 1.00 bits per heavy atom. The minimum atomic E-state index is -1.48. The Labute approximate surface area is 269 Å². The van der Waals surface area contributed by atoms with Crippen LogP contribution in [0.3, 0.4) is 0 Å². The van der Waals surface area contributed by atoms with Gasteiger partial charge in [0.15, 0.2) is 0 Å². The number of hydrogen-bond donors (Lipinski definition) is 2. The lowest BCUT2D eigenvalue weighted by atomic mass is 9.78. The van der Waals surface area contributed by atoms with Gasteiger partial charge in [-0.2, -0.15) is 0 Å². The number of aliphatic hydroxyl groups is 1. The Kier molecular flexibility index (Phi) is 9.37. The van der Waals surface area contributed by atoms with Crippen molar-refractivity contribution in [1.82, 2.24) is 15.1 Å². The molecule has 0 bridgehead atoms. The first kappa shape index (κ1) is 31.7. The summed E-state index contributed by atoms with van der Waals surface area (Å²) in [6.07, 6.45) is 7.77. The molecule has 4 aliphatic heterocycles. The van der Waals surface area contributed by atoms with Crippen LogP contribution in [0.5, 0.6) is 0 Å². The first-order valence-electron chi connectivity index (χ1n) is 16.2. The average molecular weight is 628 g/mol. The average Bonchev–Trinajstić information content (AvgIpc) is 3.46. The highest BCUT2D eigenvalue weighted by Crippen LogP contribution is 2.55. The Balaban J connectivity index is 1.46. The van der Waals surface area contributed by atoms with Crippen molar-refractivity contribution in [2.24, 2.45) is 11.8 Å². The van der Waals surface area contributed by atoms with Gasteiger partial charge in [0.25, 0.3) is 0 Å². The first-order chi connectivity index (χ1) is 22.4. The van der Waals surface area contributed by atoms with Gasteiger partial charge in [-0.1, -0.05) is 98.3 Å². The van der Waals surface area contributed by atoms with E-state index in [1.165, 1.54) is 4.90 Å². The molecule has 10 nitrogen and oxygen atoms in total. The van der Waals surface area contributed by atoms with Gasteiger partial charge in [0.2, 0.25) is 17.7 Å². The predicted octanol–water partition coefficient (Wildman–Crippen LogP) is 3.25. The molecule has 7 atom stereocenters. The lowest BCUT2D eigenvalue weighted by Gasteiger charge is -2.38. The molecule has 46 heavy (non-hydrogen) atoms. The molecule has 1 spiro atoms. The zero-order valence-electron chi connectivity index (χ0n) is 26.0. The van der Waals surface area contributed by atoms with Gasteiger partial charge in [-0.25, -0.2) is 0 Å². The van der Waals surface area contributed by atoms with Gasteiger partial charge in [-0.3, -0.25) is 19.2 Å². The van der Waals surface area contributed by atoms with Gasteiger partial charge in [0, 0.05) is 19.5 Å². The van der Waals surface area contributed by atoms with Crippen molar-refractivity contribution in [2.75, 3.05) is 26.2 Å². The summed E-state index contributed by atoms with van der Waals surface area (Å²) in [6, 6.07) is 16.3. The maximum absolute atomic E-state index is 14.8. The first-order valence-corrected chi connectivity index (χ1v) is 16.2. The third-order valence-electron chi connectivity index (χ3n) is 9.54. The van der Waals surface area contributed by atoms with E-state index in [4.69, 9.17) is 9.47 Å². The molecule has 3 amide bonds. The maximum Gasteiger partial charge on any atom is 0.313 e. The quantitative estimate of drug-likeness (QED) is 0.357. The Morgan fingerprint density at radius 2 is 1.74 bits per heavy atom. The molecule has 0 aliphatic carbocycles. The van der Waals surface area contributed by atoms with Crippen molar-refractivity contribution in [3.05, 3.63) is 96.1 Å². The van der Waals surface area contributed by atoms with Crippen molar-refractivity contribution in [3.8, 4) is 0 Å². The molecule has 0 saturated carbocycles. The fraction of sp³-hybridized carbons (Fsp3) is 0.444. The largest absolute Gasteiger partial charge is 0.455 e. The number of likely N-dealkylation sites (tertiary alicyclic amines) is 1. The molecule has 0 radical (unpaired) electrons. The second-order valence-electron chi connectivity index (χ2n) is 12.3. The van der Waals surface area contributed by atoms with E-state index in [1.54, 1.807) is 23.1 Å². The number of benzene rings is 2. The van der Waals surface area contributed by atoms with Gasteiger partial charge < -0.3 is 29.7 Å². The third-order valence-corrected chi connectivity index (χ3v) is 9.54. The molecule has 6 rings (SSSR count). The van der Waals surface area contributed by atoms with Crippen molar-refractivity contribution >= 4 is 23.7 Å². The van der Waals surface area contributed by atoms with Gasteiger partial charge in [-0.05, 0) is 24.0 Å². The van der Waals surface area contributed by atoms with Crippen LogP contribution in [0.25, 0.3) is 0 Å². The summed E-state index contributed by atoms with van der Waals surface area (Å²) < 4.78 is 12.9. The van der Waals surface area contributed by atoms with Crippen molar-refractivity contribution in [2.45, 2.75) is 62.5 Å². The molecule has 2 aromatic carbocycles.